The molecule has 33 heavy (non-hydrogen) atoms. The molecule has 1 aliphatic heterocycles. The van der Waals surface area contributed by atoms with Gasteiger partial charge >= 0.3 is 0 Å². The van der Waals surface area contributed by atoms with Gasteiger partial charge in [-0.25, -0.2) is 0 Å². The summed E-state index contributed by atoms with van der Waals surface area (Å²) in [5, 5.41) is 11.2. The van der Waals surface area contributed by atoms with Crippen molar-refractivity contribution in [1.82, 2.24) is 4.90 Å². The van der Waals surface area contributed by atoms with Crippen LogP contribution in [0.4, 0.5) is 0 Å². The zero-order valence-electron chi connectivity index (χ0n) is 18.7. The Morgan fingerprint density at radius 2 is 1.88 bits per heavy atom. The first kappa shape index (κ1) is 22.2. The van der Waals surface area contributed by atoms with E-state index < -0.39 is 17.7 Å². The van der Waals surface area contributed by atoms with Gasteiger partial charge < -0.3 is 23.9 Å². The van der Waals surface area contributed by atoms with Crippen LogP contribution in [0.2, 0.25) is 0 Å². The van der Waals surface area contributed by atoms with Crippen LogP contribution in [0, 0.1) is 6.92 Å². The number of hydrogen-bond donors (Lipinski definition) is 1. The third kappa shape index (κ3) is 4.22. The summed E-state index contributed by atoms with van der Waals surface area (Å²) < 4.78 is 16.4. The molecule has 7 heteroatoms. The van der Waals surface area contributed by atoms with Gasteiger partial charge in [0.25, 0.3) is 11.7 Å². The molecule has 170 valence electrons. The fraction of sp³-hybridized carbons (Fsp3) is 0.231. The van der Waals surface area contributed by atoms with Crippen LogP contribution in [0.25, 0.3) is 5.76 Å². The van der Waals surface area contributed by atoms with Crippen molar-refractivity contribution in [2.24, 2.45) is 0 Å². The molecule has 1 saturated heterocycles. The number of Topliss-reactive ketones (excluding diaryl/α,β-unsaturated/α-hetero) is 1. The molecule has 2 aromatic carbocycles. The standard InChI is InChI=1S/C26H25NO6/c1-4-32-18-10-8-17(9-11-18)15-27-23(21-6-5-13-33-21)22(25(29)26(27)30)24(28)19-14-16(2)7-12-20(19)31-3/h5-14,23,28H,4,15H2,1-3H3/b24-22-. The van der Waals surface area contributed by atoms with Gasteiger partial charge in [-0.3, -0.25) is 9.59 Å². The molecule has 1 unspecified atom stereocenters. The highest BCUT2D eigenvalue weighted by Gasteiger charge is 2.47. The van der Waals surface area contributed by atoms with Crippen LogP contribution in [-0.4, -0.2) is 35.4 Å². The largest absolute Gasteiger partial charge is 0.507 e. The molecular formula is C26H25NO6. The second-order valence-corrected chi connectivity index (χ2v) is 7.72. The van der Waals surface area contributed by atoms with Crippen molar-refractivity contribution in [2.75, 3.05) is 13.7 Å². The Kier molecular flexibility index (Phi) is 6.22. The Hall–Kier alpha value is -4.00. The quantitative estimate of drug-likeness (QED) is 0.323. The number of furan rings is 1. The van der Waals surface area contributed by atoms with E-state index in [0.29, 0.717) is 23.7 Å². The predicted molar refractivity (Wildman–Crippen MR) is 122 cm³/mol. The van der Waals surface area contributed by atoms with E-state index in [2.05, 4.69) is 0 Å². The summed E-state index contributed by atoms with van der Waals surface area (Å²) in [6.07, 6.45) is 1.47. The Labute approximate surface area is 191 Å². The maximum atomic E-state index is 13.1. The zero-order valence-corrected chi connectivity index (χ0v) is 18.7. The van der Waals surface area contributed by atoms with E-state index >= 15 is 0 Å². The summed E-state index contributed by atoms with van der Waals surface area (Å²) in [7, 11) is 1.48. The fourth-order valence-corrected chi connectivity index (χ4v) is 3.99. The number of ketones is 1. The van der Waals surface area contributed by atoms with E-state index in [1.54, 1.807) is 24.3 Å². The second kappa shape index (κ2) is 9.24. The molecule has 4 rings (SSSR count). The molecule has 0 saturated carbocycles. The minimum absolute atomic E-state index is 0.0372. The van der Waals surface area contributed by atoms with Gasteiger partial charge in [0.05, 0.1) is 31.1 Å². The Morgan fingerprint density at radius 3 is 2.52 bits per heavy atom. The monoisotopic (exact) mass is 447 g/mol. The average Bonchev–Trinajstić information content (AvgIpc) is 3.43. The molecule has 0 bridgehead atoms. The number of ether oxygens (including phenoxy) is 2. The van der Waals surface area contributed by atoms with Crippen LogP contribution in [0.3, 0.4) is 0 Å². The molecule has 1 amide bonds. The van der Waals surface area contributed by atoms with Gasteiger partial charge in [0.15, 0.2) is 0 Å². The van der Waals surface area contributed by atoms with Gasteiger partial charge in [0.2, 0.25) is 0 Å². The smallest absolute Gasteiger partial charge is 0.296 e. The lowest BCUT2D eigenvalue weighted by molar-refractivity contribution is -0.140. The minimum atomic E-state index is -0.878. The average molecular weight is 447 g/mol. The van der Waals surface area contributed by atoms with Gasteiger partial charge in [-0.2, -0.15) is 0 Å². The zero-order chi connectivity index (χ0) is 23.5. The van der Waals surface area contributed by atoms with Crippen LogP contribution in [0.15, 0.2) is 70.9 Å². The maximum absolute atomic E-state index is 13.1. The first-order valence-corrected chi connectivity index (χ1v) is 10.6. The van der Waals surface area contributed by atoms with E-state index in [-0.39, 0.29) is 17.9 Å². The van der Waals surface area contributed by atoms with Gasteiger partial charge in [0, 0.05) is 6.54 Å². The number of amides is 1. The summed E-state index contributed by atoms with van der Waals surface area (Å²) in [5.74, 6) is -0.286. The van der Waals surface area contributed by atoms with Crippen LogP contribution < -0.4 is 9.47 Å². The summed E-state index contributed by atoms with van der Waals surface area (Å²) in [5.41, 5.74) is 1.98. The number of likely N-dealkylation sites (tertiary alicyclic amines) is 1. The van der Waals surface area contributed by atoms with Crippen molar-refractivity contribution in [3.05, 3.63) is 88.9 Å². The third-order valence-electron chi connectivity index (χ3n) is 5.55. The lowest BCUT2D eigenvalue weighted by Gasteiger charge is -2.23. The second-order valence-electron chi connectivity index (χ2n) is 7.72. The normalized spacial score (nSPS) is 17.4. The summed E-state index contributed by atoms with van der Waals surface area (Å²) in [6.45, 7) is 4.48. The highest BCUT2D eigenvalue weighted by molar-refractivity contribution is 6.46. The van der Waals surface area contributed by atoms with Gasteiger partial charge in [-0.05, 0) is 55.8 Å². The number of rotatable bonds is 7. The predicted octanol–water partition coefficient (Wildman–Crippen LogP) is 4.62. The number of carbonyl (C=O) groups is 2. The number of aryl methyl sites for hydroxylation is 1. The molecule has 1 N–H and O–H groups in total. The van der Waals surface area contributed by atoms with Crippen molar-refractivity contribution < 1.29 is 28.6 Å². The molecule has 0 spiro atoms. The summed E-state index contributed by atoms with van der Waals surface area (Å²) in [4.78, 5) is 27.6. The molecule has 7 nitrogen and oxygen atoms in total. The fourth-order valence-electron chi connectivity index (χ4n) is 3.99. The van der Waals surface area contributed by atoms with Crippen molar-refractivity contribution in [3.63, 3.8) is 0 Å². The van der Waals surface area contributed by atoms with Crippen molar-refractivity contribution >= 4 is 17.4 Å². The van der Waals surface area contributed by atoms with E-state index in [0.717, 1.165) is 16.9 Å². The number of carbonyl (C=O) groups excluding carboxylic acids is 2. The number of hydrogen-bond acceptors (Lipinski definition) is 6. The molecule has 0 aliphatic carbocycles. The molecule has 1 aliphatic rings. The maximum Gasteiger partial charge on any atom is 0.296 e. The first-order chi connectivity index (χ1) is 15.9. The van der Waals surface area contributed by atoms with Crippen LogP contribution in [-0.2, 0) is 16.1 Å². The number of methoxy groups -OCH3 is 1. The van der Waals surface area contributed by atoms with E-state index in [1.165, 1.54) is 18.3 Å². The molecule has 1 fully saturated rings. The molecule has 2 heterocycles. The minimum Gasteiger partial charge on any atom is -0.507 e. The highest BCUT2D eigenvalue weighted by atomic mass is 16.5. The number of nitrogens with zero attached hydrogens (tertiary/aromatic N) is 1. The number of aliphatic hydroxyl groups is 1. The number of aliphatic hydroxyl groups excluding tert-OH is 1. The van der Waals surface area contributed by atoms with Crippen LogP contribution in [0.1, 0.15) is 35.4 Å². The van der Waals surface area contributed by atoms with Gasteiger partial charge in [-0.15, -0.1) is 0 Å². The SMILES string of the molecule is CCOc1ccc(CN2C(=O)C(=O)/C(=C(\O)c3cc(C)ccc3OC)C2c2ccco2)cc1. The van der Waals surface area contributed by atoms with Crippen LogP contribution in [0.5, 0.6) is 11.5 Å². The Balaban J connectivity index is 1.80. The van der Waals surface area contributed by atoms with Gasteiger partial charge in [-0.1, -0.05) is 23.8 Å². The van der Waals surface area contributed by atoms with Crippen molar-refractivity contribution in [1.29, 1.82) is 0 Å². The van der Waals surface area contributed by atoms with Gasteiger partial charge in [0.1, 0.15) is 29.1 Å². The lowest BCUT2D eigenvalue weighted by Crippen LogP contribution is -2.29. The molecule has 3 aromatic rings. The Morgan fingerprint density at radius 1 is 1.12 bits per heavy atom. The summed E-state index contributed by atoms with van der Waals surface area (Å²) >= 11 is 0. The molecular weight excluding hydrogens is 422 g/mol. The molecule has 1 aromatic heterocycles. The first-order valence-electron chi connectivity index (χ1n) is 10.6. The van der Waals surface area contributed by atoms with Crippen molar-refractivity contribution in [3.8, 4) is 11.5 Å². The van der Waals surface area contributed by atoms with Crippen LogP contribution >= 0.6 is 0 Å². The third-order valence-corrected chi connectivity index (χ3v) is 5.55. The molecule has 0 radical (unpaired) electrons. The van der Waals surface area contributed by atoms with E-state index in [4.69, 9.17) is 13.9 Å². The highest BCUT2D eigenvalue weighted by Crippen LogP contribution is 2.42. The van der Waals surface area contributed by atoms with E-state index in [9.17, 15) is 14.7 Å². The lowest BCUT2D eigenvalue weighted by atomic mass is 9.97. The summed E-state index contributed by atoms with van der Waals surface area (Å²) in [6, 6.07) is 15.1. The molecule has 1 atom stereocenters. The topological polar surface area (TPSA) is 89.2 Å². The number of benzene rings is 2. The van der Waals surface area contributed by atoms with Crippen molar-refractivity contribution in [2.45, 2.75) is 26.4 Å². The Bertz CT molecular complexity index is 1190. The van der Waals surface area contributed by atoms with E-state index in [1.807, 2.05) is 44.2 Å².